The van der Waals surface area contributed by atoms with Gasteiger partial charge in [0.2, 0.25) is 12.0 Å². The number of β-amino-alcohol motifs (C(OH)–C–C–N with tert-alkyl or cyclic N) is 1. The van der Waals surface area contributed by atoms with E-state index in [9.17, 15) is 19.9 Å². The molecule has 1 aromatic carbocycles. The van der Waals surface area contributed by atoms with Crippen LogP contribution in [0.15, 0.2) is 29.5 Å². The van der Waals surface area contributed by atoms with E-state index in [2.05, 4.69) is 5.28 Å². The van der Waals surface area contributed by atoms with Crippen LogP contribution in [0.1, 0.15) is 33.6 Å². The van der Waals surface area contributed by atoms with E-state index >= 15 is 0 Å². The number of amides is 2. The summed E-state index contributed by atoms with van der Waals surface area (Å²) in [6.07, 6.45) is 0.736. The molecule has 2 heterocycles. The van der Waals surface area contributed by atoms with Crippen molar-refractivity contribution in [1.82, 2.24) is 9.91 Å². The van der Waals surface area contributed by atoms with E-state index in [0.717, 1.165) is 4.90 Å². The van der Waals surface area contributed by atoms with Crippen LogP contribution in [0.2, 0.25) is 0 Å². The molecular weight excluding hydrogens is 304 g/mol. The van der Waals surface area contributed by atoms with Gasteiger partial charge in [-0.2, -0.15) is 0 Å². The van der Waals surface area contributed by atoms with Crippen molar-refractivity contribution in [3.63, 3.8) is 0 Å². The van der Waals surface area contributed by atoms with E-state index in [1.165, 1.54) is 5.01 Å². The molecule has 0 spiro atoms. The SMILES string of the molecule is O=C1c2ccccc2C(=O)N1CO/N=[N+](/[O-])N1CCCC(O)C1. The van der Waals surface area contributed by atoms with Crippen molar-refractivity contribution in [2.45, 2.75) is 18.9 Å². The molecule has 9 heteroatoms. The smallest absolute Gasteiger partial charge is 0.264 e. The summed E-state index contributed by atoms with van der Waals surface area (Å²) in [6.45, 7) is 0.186. The number of benzene rings is 1. The number of rotatable bonds is 4. The normalized spacial score (nSPS) is 21.6. The molecule has 1 N–H and O–H groups in total. The van der Waals surface area contributed by atoms with Crippen LogP contribution in [0.4, 0.5) is 0 Å². The lowest BCUT2D eigenvalue weighted by Crippen LogP contribution is -2.42. The summed E-state index contributed by atoms with van der Waals surface area (Å²) in [6, 6.07) is 6.45. The number of nitrogens with zero attached hydrogens (tertiary/aromatic N) is 4. The summed E-state index contributed by atoms with van der Waals surface area (Å²) in [5.74, 6) is -0.960. The van der Waals surface area contributed by atoms with Gasteiger partial charge in [-0.15, -0.1) is 5.01 Å². The van der Waals surface area contributed by atoms with Gasteiger partial charge >= 0.3 is 0 Å². The Hall–Kier alpha value is -2.68. The molecule has 1 fully saturated rings. The van der Waals surface area contributed by atoms with E-state index < -0.39 is 24.6 Å². The van der Waals surface area contributed by atoms with E-state index in [1.54, 1.807) is 24.3 Å². The first-order chi connectivity index (χ1) is 11.1. The summed E-state index contributed by atoms with van der Waals surface area (Å²) in [4.78, 5) is 30.1. The van der Waals surface area contributed by atoms with Gasteiger partial charge in [0, 0.05) is 0 Å². The molecule has 2 aliphatic rings. The summed E-state index contributed by atoms with van der Waals surface area (Å²) in [5.41, 5.74) is 0.610. The lowest BCUT2D eigenvalue weighted by molar-refractivity contribution is -0.714. The topological polar surface area (TPSA) is 109 Å². The first kappa shape index (κ1) is 15.2. The van der Waals surface area contributed by atoms with Crippen LogP contribution in [0, 0.1) is 5.21 Å². The van der Waals surface area contributed by atoms with Crippen LogP contribution in [-0.2, 0) is 4.84 Å². The predicted molar refractivity (Wildman–Crippen MR) is 75.8 cm³/mol. The average molecular weight is 320 g/mol. The minimum absolute atomic E-state index is 0.170. The Morgan fingerprint density at radius 2 is 1.96 bits per heavy atom. The quantitative estimate of drug-likeness (QED) is 0.375. The highest BCUT2D eigenvalue weighted by Gasteiger charge is 2.35. The molecule has 122 valence electrons. The fourth-order valence-corrected chi connectivity index (χ4v) is 2.63. The number of hydrogen-bond donors (Lipinski definition) is 1. The molecule has 0 aliphatic carbocycles. The van der Waals surface area contributed by atoms with Gasteiger partial charge in [0.05, 0.1) is 28.7 Å². The van der Waals surface area contributed by atoms with Crippen molar-refractivity contribution in [2.24, 2.45) is 5.28 Å². The Morgan fingerprint density at radius 1 is 1.30 bits per heavy atom. The molecule has 9 nitrogen and oxygen atoms in total. The minimum atomic E-state index is -0.577. The van der Waals surface area contributed by atoms with Gasteiger partial charge in [-0.1, -0.05) is 12.1 Å². The number of piperidine rings is 1. The predicted octanol–water partition coefficient (Wildman–Crippen LogP) is 0.506. The molecular formula is C14H16N4O5. The zero-order valence-corrected chi connectivity index (χ0v) is 12.3. The Labute approximate surface area is 131 Å². The largest absolute Gasteiger partial charge is 0.569 e. The summed E-state index contributed by atoms with van der Waals surface area (Å²) >= 11 is 0. The van der Waals surface area contributed by atoms with Crippen molar-refractivity contribution in [3.05, 3.63) is 40.6 Å². The average Bonchev–Trinajstić information content (AvgIpc) is 2.80. The molecule has 0 bridgehead atoms. The highest BCUT2D eigenvalue weighted by Crippen LogP contribution is 2.22. The summed E-state index contributed by atoms with van der Waals surface area (Å²) < 4.78 is 0. The summed E-state index contributed by atoms with van der Waals surface area (Å²) in [5, 5.41) is 25.9. The molecule has 1 aromatic rings. The van der Waals surface area contributed by atoms with Crippen molar-refractivity contribution in [2.75, 3.05) is 19.8 Å². The highest BCUT2D eigenvalue weighted by molar-refractivity contribution is 6.21. The molecule has 0 saturated carbocycles. The number of aliphatic hydroxyl groups is 1. The van der Waals surface area contributed by atoms with E-state index in [1.807, 2.05) is 0 Å². The van der Waals surface area contributed by atoms with Gasteiger partial charge in [-0.05, 0) is 25.0 Å². The maximum atomic E-state index is 12.1. The molecule has 0 radical (unpaired) electrons. The second-order valence-corrected chi connectivity index (χ2v) is 5.39. The fraction of sp³-hybridized carbons (Fsp3) is 0.429. The Bertz CT molecular complexity index is 627. The number of aliphatic hydroxyl groups excluding tert-OH is 1. The van der Waals surface area contributed by atoms with Crippen LogP contribution in [0.25, 0.3) is 0 Å². The van der Waals surface area contributed by atoms with Crippen molar-refractivity contribution in [3.8, 4) is 0 Å². The zero-order valence-electron chi connectivity index (χ0n) is 12.3. The molecule has 0 aromatic heterocycles. The number of fused-ring (bicyclic) bond motifs is 1. The molecule has 3 rings (SSSR count). The number of imide groups is 1. The standard InChI is InChI=1S/C14H16N4O5/c19-10-4-3-7-16(8-10)18(22)15-23-9-17-13(20)11-5-1-2-6-12(11)14(17)21/h1-2,5-6,10,19H,3-4,7-9H2/b18-15+. The van der Waals surface area contributed by atoms with Crippen LogP contribution in [-0.4, -0.2) is 57.7 Å². The molecule has 2 amide bonds. The second-order valence-electron chi connectivity index (χ2n) is 5.39. The molecule has 1 saturated heterocycles. The minimum Gasteiger partial charge on any atom is -0.569 e. The Morgan fingerprint density at radius 3 is 2.57 bits per heavy atom. The van der Waals surface area contributed by atoms with Crippen LogP contribution in [0.5, 0.6) is 0 Å². The van der Waals surface area contributed by atoms with Crippen LogP contribution in [0.3, 0.4) is 0 Å². The number of carbonyl (C=O) groups excluding carboxylic acids is 2. The Kier molecular flexibility index (Phi) is 4.11. The van der Waals surface area contributed by atoms with Crippen molar-refractivity contribution >= 4 is 11.8 Å². The van der Waals surface area contributed by atoms with Crippen LogP contribution >= 0.6 is 0 Å². The second kappa shape index (κ2) is 6.21. The fourth-order valence-electron chi connectivity index (χ4n) is 2.63. The van der Waals surface area contributed by atoms with Gasteiger partial charge in [0.15, 0.2) is 0 Å². The molecule has 2 aliphatic heterocycles. The number of carbonyl (C=O) groups is 2. The molecule has 1 atom stereocenters. The van der Waals surface area contributed by atoms with Gasteiger partial charge in [0.25, 0.3) is 11.8 Å². The molecule has 1 unspecified atom stereocenters. The van der Waals surface area contributed by atoms with Gasteiger partial charge in [-0.3, -0.25) is 9.59 Å². The van der Waals surface area contributed by atoms with Gasteiger partial charge in [-0.25, -0.2) is 4.90 Å². The van der Waals surface area contributed by atoms with Crippen molar-refractivity contribution in [1.29, 1.82) is 0 Å². The summed E-state index contributed by atoms with van der Waals surface area (Å²) in [7, 11) is 0. The lowest BCUT2D eigenvalue weighted by atomic mass is 10.1. The van der Waals surface area contributed by atoms with Gasteiger partial charge < -0.3 is 15.2 Å². The first-order valence-electron chi connectivity index (χ1n) is 7.26. The molecule has 23 heavy (non-hydrogen) atoms. The zero-order chi connectivity index (χ0) is 16.4. The van der Waals surface area contributed by atoms with Gasteiger partial charge in [0.1, 0.15) is 6.54 Å². The highest BCUT2D eigenvalue weighted by atomic mass is 16.7. The maximum absolute atomic E-state index is 12.1. The lowest BCUT2D eigenvalue weighted by Gasteiger charge is -2.25. The Balaban J connectivity index is 1.60. The maximum Gasteiger partial charge on any atom is 0.264 e. The monoisotopic (exact) mass is 320 g/mol. The third kappa shape index (κ3) is 2.95. The van der Waals surface area contributed by atoms with Crippen LogP contribution < -0.4 is 0 Å². The third-order valence-corrected chi connectivity index (χ3v) is 3.81. The number of hydrazine groups is 1. The number of hydrogen-bond acceptors (Lipinski definition) is 6. The van der Waals surface area contributed by atoms with E-state index in [4.69, 9.17) is 4.84 Å². The first-order valence-corrected chi connectivity index (χ1v) is 7.26. The van der Waals surface area contributed by atoms with E-state index in [0.29, 0.717) is 30.5 Å². The van der Waals surface area contributed by atoms with Crippen molar-refractivity contribution < 1.29 is 24.5 Å². The third-order valence-electron chi connectivity index (χ3n) is 3.81. The van der Waals surface area contributed by atoms with E-state index in [-0.39, 0.29) is 11.5 Å².